The number of aryl methyl sites for hydroxylation is 2. The van der Waals surface area contributed by atoms with E-state index in [2.05, 4.69) is 38.5 Å². The number of rotatable bonds is 4. The van der Waals surface area contributed by atoms with E-state index in [1.807, 2.05) is 13.1 Å². The van der Waals surface area contributed by atoms with Crippen molar-refractivity contribution in [2.45, 2.75) is 46.5 Å². The summed E-state index contributed by atoms with van der Waals surface area (Å²) in [4.78, 5) is 28.5. The first-order valence-electron chi connectivity index (χ1n) is 10.1. The molecule has 0 saturated carbocycles. The smallest absolute Gasteiger partial charge is 0.236 e. The van der Waals surface area contributed by atoms with Crippen molar-refractivity contribution in [3.63, 3.8) is 0 Å². The van der Waals surface area contributed by atoms with Gasteiger partial charge in [0, 0.05) is 37.9 Å². The average molecular weight is 360 g/mol. The van der Waals surface area contributed by atoms with Crippen molar-refractivity contribution in [3.05, 3.63) is 17.6 Å². The summed E-state index contributed by atoms with van der Waals surface area (Å²) in [7, 11) is 0. The number of amides is 1. The monoisotopic (exact) mass is 359 g/mol. The molecule has 0 aliphatic carbocycles. The highest BCUT2D eigenvalue weighted by Crippen LogP contribution is 2.20. The van der Waals surface area contributed by atoms with Crippen molar-refractivity contribution in [1.82, 2.24) is 19.8 Å². The van der Waals surface area contributed by atoms with E-state index in [4.69, 9.17) is 0 Å². The summed E-state index contributed by atoms with van der Waals surface area (Å²) < 4.78 is 0. The van der Waals surface area contributed by atoms with Gasteiger partial charge in [0.15, 0.2) is 0 Å². The lowest BCUT2D eigenvalue weighted by atomic mass is 9.99. The molecule has 2 fully saturated rings. The minimum atomic E-state index is 0.288. The lowest BCUT2D eigenvalue weighted by Gasteiger charge is -2.31. The number of carbonyl (C=O) groups excluding carboxylic acids is 1. The van der Waals surface area contributed by atoms with Crippen LogP contribution in [0.15, 0.2) is 6.20 Å². The number of hydrogen-bond acceptors (Lipinski definition) is 5. The molecule has 144 valence electrons. The molecule has 0 radical (unpaired) electrons. The number of carbonyl (C=O) groups is 1. The molecule has 1 amide bonds. The van der Waals surface area contributed by atoms with Gasteiger partial charge >= 0.3 is 0 Å². The highest BCUT2D eigenvalue weighted by atomic mass is 16.2. The molecule has 6 heteroatoms. The van der Waals surface area contributed by atoms with Gasteiger partial charge in [0.2, 0.25) is 5.91 Å². The third-order valence-electron chi connectivity index (χ3n) is 5.73. The Morgan fingerprint density at radius 3 is 2.65 bits per heavy atom. The van der Waals surface area contributed by atoms with Crippen LogP contribution in [0.4, 0.5) is 5.82 Å². The van der Waals surface area contributed by atoms with E-state index in [-0.39, 0.29) is 5.91 Å². The van der Waals surface area contributed by atoms with Crippen molar-refractivity contribution < 1.29 is 4.79 Å². The molecule has 0 spiro atoms. The number of anilines is 1. The van der Waals surface area contributed by atoms with Gasteiger partial charge in [-0.3, -0.25) is 9.69 Å². The predicted octanol–water partition coefficient (Wildman–Crippen LogP) is 2.12. The Hall–Kier alpha value is -1.69. The van der Waals surface area contributed by atoms with Gasteiger partial charge in [0.25, 0.3) is 0 Å². The van der Waals surface area contributed by atoms with Crippen molar-refractivity contribution >= 4 is 11.7 Å². The Labute approximate surface area is 157 Å². The molecule has 0 atom stereocenters. The van der Waals surface area contributed by atoms with E-state index in [1.54, 1.807) is 0 Å². The molecule has 2 aliphatic heterocycles. The van der Waals surface area contributed by atoms with Crippen LogP contribution >= 0.6 is 0 Å². The zero-order valence-electron chi connectivity index (χ0n) is 16.6. The topological polar surface area (TPSA) is 52.6 Å². The maximum atomic E-state index is 12.8. The fourth-order valence-corrected chi connectivity index (χ4v) is 3.90. The van der Waals surface area contributed by atoms with E-state index in [0.717, 1.165) is 69.7 Å². The van der Waals surface area contributed by atoms with Crippen molar-refractivity contribution in [1.29, 1.82) is 0 Å². The van der Waals surface area contributed by atoms with E-state index < -0.39 is 0 Å². The molecule has 3 heterocycles. The predicted molar refractivity (Wildman–Crippen MR) is 104 cm³/mol. The Morgan fingerprint density at radius 1 is 1.15 bits per heavy atom. The van der Waals surface area contributed by atoms with E-state index in [0.29, 0.717) is 6.54 Å². The summed E-state index contributed by atoms with van der Waals surface area (Å²) in [5.74, 6) is 2.96. The molecular formula is C20H33N5O. The number of likely N-dealkylation sites (tertiary alicyclic amines) is 1. The van der Waals surface area contributed by atoms with Gasteiger partial charge in [-0.05, 0) is 51.6 Å². The van der Waals surface area contributed by atoms with Gasteiger partial charge in [-0.25, -0.2) is 9.97 Å². The molecule has 6 nitrogen and oxygen atoms in total. The fraction of sp³-hybridized carbons (Fsp3) is 0.750. The van der Waals surface area contributed by atoms with Gasteiger partial charge in [-0.2, -0.15) is 0 Å². The highest BCUT2D eigenvalue weighted by molar-refractivity contribution is 5.78. The van der Waals surface area contributed by atoms with Gasteiger partial charge in [-0.15, -0.1) is 0 Å². The van der Waals surface area contributed by atoms with Crippen molar-refractivity contribution in [3.8, 4) is 0 Å². The molecule has 3 rings (SSSR count). The lowest BCUT2D eigenvalue weighted by Crippen LogP contribution is -2.44. The van der Waals surface area contributed by atoms with Crippen LogP contribution in [-0.2, 0) is 11.2 Å². The third kappa shape index (κ3) is 4.72. The first kappa shape index (κ1) is 19.1. The lowest BCUT2D eigenvalue weighted by molar-refractivity contribution is -0.132. The Balaban J connectivity index is 1.58. The van der Waals surface area contributed by atoms with Crippen LogP contribution in [0.1, 0.15) is 44.5 Å². The minimum Gasteiger partial charge on any atom is -0.354 e. The van der Waals surface area contributed by atoms with Gasteiger partial charge in [-0.1, -0.05) is 13.8 Å². The Morgan fingerprint density at radius 2 is 1.92 bits per heavy atom. The second kappa shape index (κ2) is 8.80. The van der Waals surface area contributed by atoms with Gasteiger partial charge in [0.1, 0.15) is 11.6 Å². The summed E-state index contributed by atoms with van der Waals surface area (Å²) in [6.45, 7) is 12.5. The standard InChI is InChI=1S/C20H33N5O/c1-4-18-14-21-17(3)22-20(18)25-9-5-8-24(12-13-25)19(26)15-23-10-6-16(2)7-11-23/h14,16H,4-13,15H2,1-3H3. The van der Waals surface area contributed by atoms with Crippen LogP contribution in [-0.4, -0.2) is 71.5 Å². The van der Waals surface area contributed by atoms with E-state index in [9.17, 15) is 4.79 Å². The largest absolute Gasteiger partial charge is 0.354 e. The summed E-state index contributed by atoms with van der Waals surface area (Å²) in [5, 5.41) is 0. The van der Waals surface area contributed by atoms with Crippen LogP contribution in [0.2, 0.25) is 0 Å². The molecule has 1 aromatic rings. The number of hydrogen-bond donors (Lipinski definition) is 0. The first-order valence-corrected chi connectivity index (χ1v) is 10.1. The molecule has 0 bridgehead atoms. The third-order valence-corrected chi connectivity index (χ3v) is 5.73. The van der Waals surface area contributed by atoms with Crippen LogP contribution < -0.4 is 4.90 Å². The Bertz CT molecular complexity index is 612. The molecule has 1 aromatic heterocycles. The fourth-order valence-electron chi connectivity index (χ4n) is 3.90. The van der Waals surface area contributed by atoms with Crippen LogP contribution in [0.3, 0.4) is 0 Å². The molecule has 0 N–H and O–H groups in total. The molecular weight excluding hydrogens is 326 g/mol. The summed E-state index contributed by atoms with van der Waals surface area (Å²) in [6, 6.07) is 0. The number of piperidine rings is 1. The molecule has 0 aromatic carbocycles. The molecule has 2 aliphatic rings. The zero-order valence-corrected chi connectivity index (χ0v) is 16.6. The van der Waals surface area contributed by atoms with Gasteiger partial charge < -0.3 is 9.80 Å². The van der Waals surface area contributed by atoms with Crippen molar-refractivity contribution in [2.75, 3.05) is 50.7 Å². The highest BCUT2D eigenvalue weighted by Gasteiger charge is 2.24. The van der Waals surface area contributed by atoms with E-state index in [1.165, 1.54) is 18.4 Å². The normalized spacial score (nSPS) is 20.3. The summed E-state index contributed by atoms with van der Waals surface area (Å²) in [6.07, 6.45) is 6.31. The second-order valence-corrected chi connectivity index (χ2v) is 7.80. The van der Waals surface area contributed by atoms with Crippen LogP contribution in [0.25, 0.3) is 0 Å². The summed E-state index contributed by atoms with van der Waals surface area (Å²) in [5.41, 5.74) is 1.19. The maximum absolute atomic E-state index is 12.8. The number of aromatic nitrogens is 2. The molecule has 2 saturated heterocycles. The van der Waals surface area contributed by atoms with Gasteiger partial charge in [0.05, 0.1) is 6.54 Å². The SMILES string of the molecule is CCc1cnc(C)nc1N1CCCN(C(=O)CN2CCC(C)CC2)CC1. The van der Waals surface area contributed by atoms with Crippen molar-refractivity contribution in [2.24, 2.45) is 5.92 Å². The zero-order chi connectivity index (χ0) is 18.5. The van der Waals surface area contributed by atoms with Crippen LogP contribution in [0.5, 0.6) is 0 Å². The number of nitrogens with zero attached hydrogens (tertiary/aromatic N) is 5. The average Bonchev–Trinajstić information content (AvgIpc) is 2.90. The second-order valence-electron chi connectivity index (χ2n) is 7.80. The van der Waals surface area contributed by atoms with Crippen LogP contribution in [0, 0.1) is 12.8 Å². The molecule has 0 unspecified atom stereocenters. The van der Waals surface area contributed by atoms with E-state index >= 15 is 0 Å². The maximum Gasteiger partial charge on any atom is 0.236 e. The minimum absolute atomic E-state index is 0.288. The summed E-state index contributed by atoms with van der Waals surface area (Å²) >= 11 is 0. The molecule has 26 heavy (non-hydrogen) atoms. The quantitative estimate of drug-likeness (QED) is 0.824. The first-order chi connectivity index (χ1) is 12.6. The Kier molecular flexibility index (Phi) is 6.46.